The Morgan fingerprint density at radius 3 is 2.14 bits per heavy atom. The van der Waals surface area contributed by atoms with Gasteiger partial charge in [-0.3, -0.25) is 0 Å². The van der Waals surface area contributed by atoms with Crippen LogP contribution < -0.4 is 5.32 Å². The Bertz CT molecular complexity index is 161. The highest BCUT2D eigenvalue weighted by Crippen LogP contribution is 2.20. The second-order valence-electron chi connectivity index (χ2n) is 4.57. The predicted molar refractivity (Wildman–Crippen MR) is 65.5 cm³/mol. The van der Waals surface area contributed by atoms with Crippen molar-refractivity contribution in [3.63, 3.8) is 0 Å². The van der Waals surface area contributed by atoms with Crippen molar-refractivity contribution in [2.24, 2.45) is 11.8 Å². The maximum atomic E-state index is 4.10. The third-order valence-corrected chi connectivity index (χ3v) is 3.16. The number of rotatable bonds is 7. The van der Waals surface area contributed by atoms with Crippen LogP contribution in [0.25, 0.3) is 0 Å². The van der Waals surface area contributed by atoms with Crippen molar-refractivity contribution in [2.45, 2.75) is 53.5 Å². The first kappa shape index (κ1) is 13.7. The van der Waals surface area contributed by atoms with Gasteiger partial charge in [-0.15, -0.1) is 0 Å². The van der Waals surface area contributed by atoms with E-state index in [2.05, 4.69) is 46.5 Å². The molecular formula is C13H27N. The van der Waals surface area contributed by atoms with Gasteiger partial charge in [-0.2, -0.15) is 0 Å². The molecule has 0 amide bonds. The Hall–Kier alpha value is -0.300. The van der Waals surface area contributed by atoms with Crippen LogP contribution in [0.3, 0.4) is 0 Å². The molecule has 0 bridgehead atoms. The van der Waals surface area contributed by atoms with Gasteiger partial charge < -0.3 is 5.32 Å². The fourth-order valence-corrected chi connectivity index (χ4v) is 1.63. The van der Waals surface area contributed by atoms with E-state index in [1.807, 2.05) is 0 Å². The summed E-state index contributed by atoms with van der Waals surface area (Å²) in [5.41, 5.74) is 1.36. The molecule has 0 heterocycles. The van der Waals surface area contributed by atoms with Gasteiger partial charge >= 0.3 is 0 Å². The molecule has 0 fully saturated rings. The molecule has 84 valence electrons. The van der Waals surface area contributed by atoms with Crippen LogP contribution >= 0.6 is 0 Å². The van der Waals surface area contributed by atoms with Crippen molar-refractivity contribution in [3.05, 3.63) is 12.2 Å². The SMILES string of the molecule is C=C(CC)CC(NCC)C(C)C(C)C. The van der Waals surface area contributed by atoms with E-state index in [1.165, 1.54) is 5.57 Å². The van der Waals surface area contributed by atoms with Crippen molar-refractivity contribution < 1.29 is 0 Å². The molecule has 0 saturated heterocycles. The molecule has 0 aliphatic rings. The summed E-state index contributed by atoms with van der Waals surface area (Å²) in [4.78, 5) is 0. The van der Waals surface area contributed by atoms with Crippen LogP contribution in [-0.4, -0.2) is 12.6 Å². The molecule has 0 aromatic heterocycles. The molecule has 0 aliphatic carbocycles. The summed E-state index contributed by atoms with van der Waals surface area (Å²) in [6, 6.07) is 0.604. The smallest absolute Gasteiger partial charge is 0.0132 e. The number of hydrogen-bond acceptors (Lipinski definition) is 1. The van der Waals surface area contributed by atoms with Crippen molar-refractivity contribution in [3.8, 4) is 0 Å². The van der Waals surface area contributed by atoms with Crippen LogP contribution in [0, 0.1) is 11.8 Å². The highest BCUT2D eigenvalue weighted by atomic mass is 14.9. The molecule has 0 aromatic carbocycles. The first-order chi connectivity index (χ1) is 6.52. The molecule has 0 saturated carbocycles. The lowest BCUT2D eigenvalue weighted by atomic mass is 9.86. The Balaban J connectivity index is 4.20. The minimum Gasteiger partial charge on any atom is -0.314 e. The van der Waals surface area contributed by atoms with E-state index in [0.29, 0.717) is 6.04 Å². The van der Waals surface area contributed by atoms with Gasteiger partial charge in [-0.05, 0) is 31.2 Å². The lowest BCUT2D eigenvalue weighted by Crippen LogP contribution is -2.37. The van der Waals surface area contributed by atoms with Crippen LogP contribution in [0.4, 0.5) is 0 Å². The van der Waals surface area contributed by atoms with Gasteiger partial charge in [0, 0.05) is 6.04 Å². The second kappa shape index (κ2) is 7.05. The van der Waals surface area contributed by atoms with E-state index in [4.69, 9.17) is 0 Å². The molecule has 2 atom stereocenters. The Labute approximate surface area is 90.0 Å². The first-order valence-electron chi connectivity index (χ1n) is 5.92. The summed E-state index contributed by atoms with van der Waals surface area (Å²) in [6.07, 6.45) is 2.23. The fourth-order valence-electron chi connectivity index (χ4n) is 1.63. The molecular weight excluding hydrogens is 170 g/mol. The predicted octanol–water partition coefficient (Wildman–Crippen LogP) is 3.61. The Morgan fingerprint density at radius 1 is 1.21 bits per heavy atom. The van der Waals surface area contributed by atoms with E-state index in [9.17, 15) is 0 Å². The zero-order valence-corrected chi connectivity index (χ0v) is 10.6. The van der Waals surface area contributed by atoms with Crippen LogP contribution in [-0.2, 0) is 0 Å². The lowest BCUT2D eigenvalue weighted by molar-refractivity contribution is 0.299. The molecule has 1 N–H and O–H groups in total. The summed E-state index contributed by atoms with van der Waals surface area (Å²) in [7, 11) is 0. The van der Waals surface area contributed by atoms with Crippen LogP contribution in [0.2, 0.25) is 0 Å². The number of hydrogen-bond donors (Lipinski definition) is 1. The van der Waals surface area contributed by atoms with Crippen LogP contribution in [0.5, 0.6) is 0 Å². The average Bonchev–Trinajstić information content (AvgIpc) is 2.15. The average molecular weight is 197 g/mol. The molecule has 1 nitrogen and oxygen atoms in total. The van der Waals surface area contributed by atoms with E-state index in [1.54, 1.807) is 0 Å². The first-order valence-corrected chi connectivity index (χ1v) is 5.92. The van der Waals surface area contributed by atoms with Gasteiger partial charge in [0.15, 0.2) is 0 Å². The van der Waals surface area contributed by atoms with Crippen LogP contribution in [0.15, 0.2) is 12.2 Å². The van der Waals surface area contributed by atoms with Crippen molar-refractivity contribution in [1.82, 2.24) is 5.32 Å². The topological polar surface area (TPSA) is 12.0 Å². The Morgan fingerprint density at radius 2 is 1.79 bits per heavy atom. The standard InChI is InChI=1S/C13H27N/c1-7-11(5)9-13(14-8-2)12(6)10(3)4/h10,12-14H,5,7-9H2,1-4,6H3. The summed E-state index contributed by atoms with van der Waals surface area (Å²) >= 11 is 0. The molecule has 14 heavy (non-hydrogen) atoms. The molecule has 0 aromatic rings. The zero-order chi connectivity index (χ0) is 11.1. The van der Waals surface area contributed by atoms with Crippen LogP contribution in [0.1, 0.15) is 47.5 Å². The fraction of sp³-hybridized carbons (Fsp3) is 0.846. The maximum Gasteiger partial charge on any atom is 0.0132 e. The highest BCUT2D eigenvalue weighted by Gasteiger charge is 2.19. The Kier molecular flexibility index (Phi) is 6.90. The summed E-state index contributed by atoms with van der Waals surface area (Å²) in [5.74, 6) is 1.46. The van der Waals surface area contributed by atoms with Gasteiger partial charge in [0.1, 0.15) is 0 Å². The molecule has 0 spiro atoms. The largest absolute Gasteiger partial charge is 0.314 e. The minimum absolute atomic E-state index is 0.604. The third kappa shape index (κ3) is 4.80. The van der Waals surface area contributed by atoms with Gasteiger partial charge in [0.2, 0.25) is 0 Å². The zero-order valence-electron chi connectivity index (χ0n) is 10.6. The highest BCUT2D eigenvalue weighted by molar-refractivity contribution is 4.97. The molecule has 1 heteroatoms. The maximum absolute atomic E-state index is 4.10. The molecule has 0 aliphatic heterocycles. The molecule has 0 rings (SSSR count). The minimum atomic E-state index is 0.604. The van der Waals surface area contributed by atoms with Crippen molar-refractivity contribution >= 4 is 0 Å². The van der Waals surface area contributed by atoms with Crippen molar-refractivity contribution in [2.75, 3.05) is 6.54 Å². The number of nitrogens with one attached hydrogen (secondary N) is 1. The molecule has 2 unspecified atom stereocenters. The third-order valence-electron chi connectivity index (χ3n) is 3.16. The summed E-state index contributed by atoms with van der Waals surface area (Å²) in [5, 5.41) is 3.57. The van der Waals surface area contributed by atoms with E-state index >= 15 is 0 Å². The summed E-state index contributed by atoms with van der Waals surface area (Å²) in [6.45, 7) is 16.4. The van der Waals surface area contributed by atoms with Gasteiger partial charge in [0.25, 0.3) is 0 Å². The second-order valence-corrected chi connectivity index (χ2v) is 4.57. The quantitative estimate of drug-likeness (QED) is 0.615. The van der Waals surface area contributed by atoms with E-state index in [0.717, 1.165) is 31.2 Å². The van der Waals surface area contributed by atoms with E-state index < -0.39 is 0 Å². The van der Waals surface area contributed by atoms with Gasteiger partial charge in [-0.25, -0.2) is 0 Å². The monoisotopic (exact) mass is 197 g/mol. The van der Waals surface area contributed by atoms with Crippen molar-refractivity contribution in [1.29, 1.82) is 0 Å². The lowest BCUT2D eigenvalue weighted by Gasteiger charge is -2.28. The van der Waals surface area contributed by atoms with E-state index in [-0.39, 0.29) is 0 Å². The molecule has 0 radical (unpaired) electrons. The normalized spacial score (nSPS) is 15.6. The van der Waals surface area contributed by atoms with Gasteiger partial charge in [-0.1, -0.05) is 46.8 Å². The summed E-state index contributed by atoms with van der Waals surface area (Å²) < 4.78 is 0. The van der Waals surface area contributed by atoms with Gasteiger partial charge in [0.05, 0.1) is 0 Å².